The molecule has 84 valence electrons. The number of phenols is 1. The van der Waals surface area contributed by atoms with Crippen LogP contribution in [-0.2, 0) is 0 Å². The Morgan fingerprint density at radius 3 is 1.80 bits per heavy atom. The molecule has 1 aromatic carbocycles. The van der Waals surface area contributed by atoms with Crippen LogP contribution in [0.25, 0.3) is 0 Å². The van der Waals surface area contributed by atoms with Crippen molar-refractivity contribution >= 4 is 24.2 Å². The summed E-state index contributed by atoms with van der Waals surface area (Å²) in [6, 6.07) is 5.04. The van der Waals surface area contributed by atoms with Gasteiger partial charge in [-0.15, -0.1) is 12.4 Å². The van der Waals surface area contributed by atoms with E-state index in [4.69, 9.17) is 20.1 Å². The number of hydrogen-bond acceptors (Lipinski definition) is 4. The van der Waals surface area contributed by atoms with Crippen LogP contribution in [0.1, 0.15) is 0 Å². The number of carbonyl (C=O) groups is 1. The molecule has 0 fully saturated rings. The van der Waals surface area contributed by atoms with E-state index in [0.717, 1.165) is 0 Å². The highest BCUT2D eigenvalue weighted by molar-refractivity contribution is 5.85. The molecule has 0 saturated heterocycles. The first kappa shape index (κ1) is 15.5. The van der Waals surface area contributed by atoms with Crippen molar-refractivity contribution < 1.29 is 25.0 Å². The van der Waals surface area contributed by atoms with Crippen LogP contribution < -0.4 is 0 Å². The van der Waals surface area contributed by atoms with Gasteiger partial charge in [-0.3, -0.25) is 10.1 Å². The number of phenolic OH excluding ortho intramolecular Hbond substituents is 1. The molecule has 0 atom stereocenters. The molecule has 3 N–H and O–H groups in total. The fourth-order valence-corrected chi connectivity index (χ4v) is 0.574. The molecule has 0 unspecified atom stereocenters. The van der Waals surface area contributed by atoms with Gasteiger partial charge in [0.15, 0.2) is 0 Å². The Balaban J connectivity index is 0. The number of rotatable bonds is 1. The first-order chi connectivity index (χ1) is 6.43. The third kappa shape index (κ3) is 8.31. The van der Waals surface area contributed by atoms with Gasteiger partial charge in [0.2, 0.25) is 0 Å². The smallest absolute Gasteiger partial charge is 0.503 e. The minimum atomic E-state index is -1.83. The van der Waals surface area contributed by atoms with Crippen molar-refractivity contribution in [3.05, 3.63) is 34.4 Å². The number of non-ortho nitro benzene ring substituents is 1. The lowest BCUT2D eigenvalue weighted by atomic mass is 10.3. The molecule has 0 heterocycles. The number of hydrogen-bond donors (Lipinski definition) is 3. The number of carboxylic acid groups (broad SMARTS) is 2. The second-order valence-electron chi connectivity index (χ2n) is 2.06. The topological polar surface area (TPSA) is 121 Å². The molecule has 0 aliphatic rings. The van der Waals surface area contributed by atoms with Crippen molar-refractivity contribution in [1.29, 1.82) is 0 Å². The van der Waals surface area contributed by atoms with Gasteiger partial charge in [-0.25, -0.2) is 4.79 Å². The average molecular weight is 238 g/mol. The molecule has 8 heteroatoms. The SMILES string of the molecule is Cl.O=C(O)O.O=[N+]([O-])c1ccc(O)cc1. The van der Waals surface area contributed by atoms with Crippen LogP contribution in [-0.4, -0.2) is 26.4 Å². The maximum Gasteiger partial charge on any atom is 0.503 e. The third-order valence-electron chi connectivity index (χ3n) is 1.06. The zero-order chi connectivity index (χ0) is 11.1. The summed E-state index contributed by atoms with van der Waals surface area (Å²) in [6.07, 6.45) is -1.83. The van der Waals surface area contributed by atoms with E-state index < -0.39 is 11.1 Å². The molecule has 0 spiro atoms. The molecule has 0 amide bonds. The van der Waals surface area contributed by atoms with E-state index in [1.54, 1.807) is 0 Å². The monoisotopic (exact) mass is 237 g/mol. The highest BCUT2D eigenvalue weighted by Gasteiger charge is 2.01. The summed E-state index contributed by atoms with van der Waals surface area (Å²) in [5.74, 6) is 0.0330. The number of nitro groups is 1. The van der Waals surface area contributed by atoms with Crippen LogP contribution in [0, 0.1) is 10.1 Å². The van der Waals surface area contributed by atoms with Gasteiger partial charge in [-0.05, 0) is 12.1 Å². The fourth-order valence-electron chi connectivity index (χ4n) is 0.574. The normalized spacial score (nSPS) is 7.73. The van der Waals surface area contributed by atoms with Crippen LogP contribution in [0.4, 0.5) is 10.5 Å². The van der Waals surface area contributed by atoms with Crippen LogP contribution in [0.2, 0.25) is 0 Å². The van der Waals surface area contributed by atoms with Crippen molar-refractivity contribution in [2.24, 2.45) is 0 Å². The number of nitrogens with zero attached hydrogens (tertiary/aromatic N) is 1. The van der Waals surface area contributed by atoms with Gasteiger partial charge in [0.25, 0.3) is 5.69 Å². The summed E-state index contributed by atoms with van der Waals surface area (Å²) in [5.41, 5.74) is -0.0159. The standard InChI is InChI=1S/C6H5NO3.CH2O3.ClH/c8-6-3-1-5(2-4-6)7(9)10;2-1(3)4;/h1-4,8H;(H2,2,3,4);1H. The summed E-state index contributed by atoms with van der Waals surface area (Å²) in [4.78, 5) is 18.1. The molecule has 0 radical (unpaired) electrons. The second-order valence-corrected chi connectivity index (χ2v) is 2.06. The van der Waals surface area contributed by atoms with Gasteiger partial charge in [0, 0.05) is 12.1 Å². The molecule has 15 heavy (non-hydrogen) atoms. The number of aromatic hydroxyl groups is 1. The van der Waals surface area contributed by atoms with Crippen LogP contribution in [0.5, 0.6) is 5.75 Å². The van der Waals surface area contributed by atoms with Gasteiger partial charge < -0.3 is 15.3 Å². The minimum Gasteiger partial charge on any atom is -0.508 e. The summed E-state index contributed by atoms with van der Waals surface area (Å²) >= 11 is 0. The van der Waals surface area contributed by atoms with Gasteiger partial charge in [0.1, 0.15) is 5.75 Å². The highest BCUT2D eigenvalue weighted by Crippen LogP contribution is 2.14. The zero-order valence-corrected chi connectivity index (χ0v) is 8.05. The lowest BCUT2D eigenvalue weighted by Crippen LogP contribution is -1.85. The molecule has 0 aromatic heterocycles. The number of nitro benzene ring substituents is 1. The van der Waals surface area contributed by atoms with Crippen LogP contribution in [0.3, 0.4) is 0 Å². The van der Waals surface area contributed by atoms with E-state index in [9.17, 15) is 10.1 Å². The van der Waals surface area contributed by atoms with Crippen molar-refractivity contribution in [2.45, 2.75) is 0 Å². The van der Waals surface area contributed by atoms with Crippen molar-refractivity contribution in [3.63, 3.8) is 0 Å². The Kier molecular flexibility index (Phi) is 7.61. The third-order valence-corrected chi connectivity index (χ3v) is 1.06. The average Bonchev–Trinajstić information content (AvgIpc) is 2.03. The van der Waals surface area contributed by atoms with Gasteiger partial charge in [-0.1, -0.05) is 0 Å². The maximum absolute atomic E-state index is 10.0. The van der Waals surface area contributed by atoms with E-state index in [2.05, 4.69) is 0 Å². The minimum absolute atomic E-state index is 0. The Hall–Kier alpha value is -2.02. The maximum atomic E-state index is 10.0. The molecule has 1 aromatic rings. The number of benzene rings is 1. The van der Waals surface area contributed by atoms with Gasteiger partial charge in [0.05, 0.1) is 4.92 Å². The van der Waals surface area contributed by atoms with Crippen molar-refractivity contribution in [3.8, 4) is 5.75 Å². The first-order valence-corrected chi connectivity index (χ1v) is 3.29. The molecular formula is C7H8ClNO6. The Bertz CT molecular complexity index is 321. The highest BCUT2D eigenvalue weighted by atomic mass is 35.5. The summed E-state index contributed by atoms with van der Waals surface area (Å²) in [5, 5.41) is 32.7. The fraction of sp³-hybridized carbons (Fsp3) is 0. The molecule has 1 rings (SSSR count). The predicted molar refractivity (Wildman–Crippen MR) is 52.7 cm³/mol. The molecular weight excluding hydrogens is 230 g/mol. The first-order valence-electron chi connectivity index (χ1n) is 3.29. The predicted octanol–water partition coefficient (Wildman–Crippen LogP) is 1.94. The van der Waals surface area contributed by atoms with Gasteiger partial charge >= 0.3 is 6.16 Å². The lowest BCUT2D eigenvalue weighted by molar-refractivity contribution is -0.384. The molecule has 0 bridgehead atoms. The van der Waals surface area contributed by atoms with Crippen molar-refractivity contribution in [2.75, 3.05) is 0 Å². The summed E-state index contributed by atoms with van der Waals surface area (Å²) in [7, 11) is 0. The summed E-state index contributed by atoms with van der Waals surface area (Å²) in [6.45, 7) is 0. The Morgan fingerprint density at radius 1 is 1.20 bits per heavy atom. The zero-order valence-electron chi connectivity index (χ0n) is 7.23. The van der Waals surface area contributed by atoms with E-state index in [0.29, 0.717) is 0 Å². The number of halogens is 1. The van der Waals surface area contributed by atoms with E-state index in [1.807, 2.05) is 0 Å². The summed E-state index contributed by atoms with van der Waals surface area (Å²) < 4.78 is 0. The molecule has 0 aliphatic heterocycles. The van der Waals surface area contributed by atoms with Crippen LogP contribution >= 0.6 is 12.4 Å². The van der Waals surface area contributed by atoms with Crippen LogP contribution in [0.15, 0.2) is 24.3 Å². The quantitative estimate of drug-likeness (QED) is 0.507. The van der Waals surface area contributed by atoms with E-state index >= 15 is 0 Å². The Labute approximate surface area is 90.2 Å². The Morgan fingerprint density at radius 2 is 1.53 bits per heavy atom. The molecule has 7 nitrogen and oxygen atoms in total. The largest absolute Gasteiger partial charge is 0.508 e. The van der Waals surface area contributed by atoms with Gasteiger partial charge in [-0.2, -0.15) is 0 Å². The van der Waals surface area contributed by atoms with E-state index in [-0.39, 0.29) is 23.8 Å². The second kappa shape index (κ2) is 7.39. The molecule has 0 aliphatic carbocycles. The van der Waals surface area contributed by atoms with Crippen molar-refractivity contribution in [1.82, 2.24) is 0 Å². The van der Waals surface area contributed by atoms with E-state index in [1.165, 1.54) is 24.3 Å². The lowest BCUT2D eigenvalue weighted by Gasteiger charge is -1.89. The molecule has 0 saturated carbocycles.